The fourth-order valence-electron chi connectivity index (χ4n) is 3.04. The van der Waals surface area contributed by atoms with Crippen LogP contribution in [0.4, 0.5) is 0 Å². The van der Waals surface area contributed by atoms with Crippen LogP contribution in [0.3, 0.4) is 0 Å². The molecule has 0 nitrogen and oxygen atoms in total. The third kappa shape index (κ3) is 3.29. The zero-order valence-electron chi connectivity index (χ0n) is 10.7. The number of hydrogen-bond acceptors (Lipinski definition) is 0. The first kappa shape index (κ1) is 12.1. The van der Waals surface area contributed by atoms with Crippen LogP contribution in [-0.4, -0.2) is 0 Å². The molecule has 0 radical (unpaired) electrons. The molecule has 1 aliphatic carbocycles. The van der Waals surface area contributed by atoms with Crippen LogP contribution in [0.5, 0.6) is 0 Å². The SMILES string of the molecule is CC(C)CC(C)C1CCC(C)C(C)C1. The lowest BCUT2D eigenvalue weighted by molar-refractivity contribution is 0.151. The van der Waals surface area contributed by atoms with Crippen molar-refractivity contribution in [3.63, 3.8) is 0 Å². The third-order valence-electron chi connectivity index (χ3n) is 4.29. The largest absolute Gasteiger partial charge is 0.0628 e. The van der Waals surface area contributed by atoms with E-state index in [1.807, 2.05) is 0 Å². The van der Waals surface area contributed by atoms with Gasteiger partial charge in [0.25, 0.3) is 0 Å². The van der Waals surface area contributed by atoms with Crippen molar-refractivity contribution in [2.45, 2.75) is 60.3 Å². The van der Waals surface area contributed by atoms with E-state index in [1.165, 1.54) is 25.7 Å². The smallest absolute Gasteiger partial charge is 0.0386 e. The monoisotopic (exact) mass is 196 g/mol. The van der Waals surface area contributed by atoms with Gasteiger partial charge in [0.2, 0.25) is 0 Å². The maximum Gasteiger partial charge on any atom is -0.0386 e. The van der Waals surface area contributed by atoms with E-state index < -0.39 is 0 Å². The molecule has 0 bridgehead atoms. The highest BCUT2D eigenvalue weighted by atomic mass is 14.3. The van der Waals surface area contributed by atoms with Crippen molar-refractivity contribution in [2.75, 3.05) is 0 Å². The van der Waals surface area contributed by atoms with Crippen molar-refractivity contribution < 1.29 is 0 Å². The minimum absolute atomic E-state index is 0.875. The molecule has 0 heteroatoms. The van der Waals surface area contributed by atoms with Crippen molar-refractivity contribution in [3.05, 3.63) is 0 Å². The summed E-state index contributed by atoms with van der Waals surface area (Å²) in [5.41, 5.74) is 0. The second-order valence-corrected chi connectivity index (χ2v) is 6.13. The Labute approximate surface area is 90.5 Å². The van der Waals surface area contributed by atoms with Gasteiger partial charge in [-0.1, -0.05) is 41.0 Å². The van der Waals surface area contributed by atoms with Crippen molar-refractivity contribution in [3.8, 4) is 0 Å². The molecule has 1 saturated carbocycles. The normalized spacial score (nSPS) is 36.0. The van der Waals surface area contributed by atoms with Crippen LogP contribution < -0.4 is 0 Å². The molecule has 84 valence electrons. The van der Waals surface area contributed by atoms with Crippen LogP contribution >= 0.6 is 0 Å². The molecule has 0 heterocycles. The second kappa shape index (κ2) is 5.19. The first-order valence-electron chi connectivity index (χ1n) is 6.50. The molecule has 4 atom stereocenters. The molecule has 0 aliphatic heterocycles. The van der Waals surface area contributed by atoms with Crippen molar-refractivity contribution in [1.82, 2.24) is 0 Å². The Balaban J connectivity index is 2.38. The standard InChI is InChI=1S/C14H28/c1-10(2)8-13(5)14-7-6-11(3)12(4)9-14/h10-14H,6-9H2,1-5H3. The molecule has 4 unspecified atom stereocenters. The lowest BCUT2D eigenvalue weighted by Gasteiger charge is -2.36. The van der Waals surface area contributed by atoms with Crippen LogP contribution in [0.1, 0.15) is 60.3 Å². The van der Waals surface area contributed by atoms with Gasteiger partial charge in [-0.25, -0.2) is 0 Å². The van der Waals surface area contributed by atoms with E-state index in [0.29, 0.717) is 0 Å². The fourth-order valence-corrected chi connectivity index (χ4v) is 3.04. The molecule has 1 fully saturated rings. The maximum absolute atomic E-state index is 2.47. The molecular formula is C14H28. The number of rotatable bonds is 3. The zero-order chi connectivity index (χ0) is 10.7. The molecule has 0 N–H and O–H groups in total. The van der Waals surface area contributed by atoms with E-state index >= 15 is 0 Å². The topological polar surface area (TPSA) is 0 Å². The van der Waals surface area contributed by atoms with Crippen molar-refractivity contribution >= 4 is 0 Å². The zero-order valence-corrected chi connectivity index (χ0v) is 10.7. The predicted octanol–water partition coefficient (Wildman–Crippen LogP) is 4.74. The van der Waals surface area contributed by atoms with Gasteiger partial charge in [-0.15, -0.1) is 0 Å². The molecule has 0 aromatic heterocycles. The Kier molecular flexibility index (Phi) is 4.47. The molecule has 0 spiro atoms. The predicted molar refractivity (Wildman–Crippen MR) is 64.3 cm³/mol. The molecule has 14 heavy (non-hydrogen) atoms. The van der Waals surface area contributed by atoms with Gasteiger partial charge >= 0.3 is 0 Å². The van der Waals surface area contributed by atoms with Crippen LogP contribution in [0.15, 0.2) is 0 Å². The minimum Gasteiger partial charge on any atom is -0.0628 e. The number of hydrogen-bond donors (Lipinski definition) is 0. The molecular weight excluding hydrogens is 168 g/mol. The summed E-state index contributed by atoms with van der Waals surface area (Å²) in [6.07, 6.45) is 5.86. The average molecular weight is 196 g/mol. The Morgan fingerprint density at radius 2 is 1.64 bits per heavy atom. The van der Waals surface area contributed by atoms with Crippen LogP contribution in [0, 0.1) is 29.6 Å². The first-order valence-corrected chi connectivity index (χ1v) is 6.50. The molecule has 1 rings (SSSR count). The van der Waals surface area contributed by atoms with Crippen molar-refractivity contribution in [2.24, 2.45) is 29.6 Å². The van der Waals surface area contributed by atoms with E-state index in [2.05, 4.69) is 34.6 Å². The summed E-state index contributed by atoms with van der Waals surface area (Å²) in [6, 6.07) is 0. The Bertz CT molecular complexity index is 159. The van der Waals surface area contributed by atoms with E-state index in [0.717, 1.165) is 29.6 Å². The third-order valence-corrected chi connectivity index (χ3v) is 4.29. The van der Waals surface area contributed by atoms with Gasteiger partial charge in [0.15, 0.2) is 0 Å². The summed E-state index contributed by atoms with van der Waals surface area (Å²) in [5, 5.41) is 0. The lowest BCUT2D eigenvalue weighted by Crippen LogP contribution is -2.25. The molecule has 0 saturated heterocycles. The summed E-state index contributed by atoms with van der Waals surface area (Å²) >= 11 is 0. The summed E-state index contributed by atoms with van der Waals surface area (Å²) in [7, 11) is 0. The summed E-state index contributed by atoms with van der Waals surface area (Å²) in [5.74, 6) is 4.77. The van der Waals surface area contributed by atoms with E-state index in [4.69, 9.17) is 0 Å². The quantitative estimate of drug-likeness (QED) is 0.611. The van der Waals surface area contributed by atoms with Crippen LogP contribution in [-0.2, 0) is 0 Å². The van der Waals surface area contributed by atoms with Gasteiger partial charge in [0.05, 0.1) is 0 Å². The van der Waals surface area contributed by atoms with Crippen LogP contribution in [0.2, 0.25) is 0 Å². The lowest BCUT2D eigenvalue weighted by atomic mass is 9.70. The summed E-state index contributed by atoms with van der Waals surface area (Å²) < 4.78 is 0. The highest BCUT2D eigenvalue weighted by Crippen LogP contribution is 2.38. The Morgan fingerprint density at radius 3 is 2.14 bits per heavy atom. The summed E-state index contributed by atoms with van der Waals surface area (Å²) in [6.45, 7) is 12.0. The van der Waals surface area contributed by atoms with Gasteiger partial charge in [-0.2, -0.15) is 0 Å². The van der Waals surface area contributed by atoms with Crippen molar-refractivity contribution in [1.29, 1.82) is 0 Å². The van der Waals surface area contributed by atoms with Gasteiger partial charge in [-0.3, -0.25) is 0 Å². The highest BCUT2D eigenvalue weighted by Gasteiger charge is 2.27. The first-order chi connectivity index (χ1) is 6.50. The molecule has 0 amide bonds. The Hall–Kier alpha value is 0. The van der Waals surface area contributed by atoms with E-state index in [-0.39, 0.29) is 0 Å². The van der Waals surface area contributed by atoms with Crippen LogP contribution in [0.25, 0.3) is 0 Å². The highest BCUT2D eigenvalue weighted by molar-refractivity contribution is 4.78. The van der Waals surface area contributed by atoms with E-state index in [1.54, 1.807) is 0 Å². The van der Waals surface area contributed by atoms with E-state index in [9.17, 15) is 0 Å². The second-order valence-electron chi connectivity index (χ2n) is 6.13. The van der Waals surface area contributed by atoms with Gasteiger partial charge in [-0.05, 0) is 48.9 Å². The molecule has 0 aromatic carbocycles. The summed E-state index contributed by atoms with van der Waals surface area (Å²) in [4.78, 5) is 0. The van der Waals surface area contributed by atoms with Gasteiger partial charge < -0.3 is 0 Å². The van der Waals surface area contributed by atoms with Gasteiger partial charge in [0.1, 0.15) is 0 Å². The minimum atomic E-state index is 0.875. The molecule has 1 aliphatic rings. The Morgan fingerprint density at radius 1 is 1.00 bits per heavy atom. The maximum atomic E-state index is 2.47. The molecule has 0 aromatic rings. The fraction of sp³-hybridized carbons (Fsp3) is 1.00. The average Bonchev–Trinajstić information content (AvgIpc) is 2.08. The van der Waals surface area contributed by atoms with Gasteiger partial charge in [0, 0.05) is 0 Å².